The number of amides is 1. The summed E-state index contributed by atoms with van der Waals surface area (Å²) in [6.07, 6.45) is 1.68. The molecule has 0 fully saturated rings. The maximum absolute atomic E-state index is 13.2. The number of aliphatic imine (C=N–C) groups is 1. The molecule has 0 N–H and O–H groups in total. The fourth-order valence-corrected chi connectivity index (χ4v) is 3.22. The van der Waals surface area contributed by atoms with Gasteiger partial charge in [-0.05, 0) is 55.0 Å². The lowest BCUT2D eigenvalue weighted by Gasteiger charge is -2.18. The predicted octanol–water partition coefficient (Wildman–Crippen LogP) is 5.73. The van der Waals surface area contributed by atoms with Crippen molar-refractivity contribution in [2.24, 2.45) is 4.99 Å². The normalized spacial score (nSPS) is 15.2. The highest BCUT2D eigenvalue weighted by Gasteiger charge is 2.32. The van der Waals surface area contributed by atoms with Crippen LogP contribution in [0.5, 0.6) is 0 Å². The lowest BCUT2D eigenvalue weighted by atomic mass is 10.1. The van der Waals surface area contributed by atoms with E-state index >= 15 is 0 Å². The Morgan fingerprint density at radius 1 is 0.929 bits per heavy atom. The number of halogens is 2. The highest BCUT2D eigenvalue weighted by molar-refractivity contribution is 9.10. The number of nitrogens with zero attached hydrogens (tertiary/aromatic N) is 2. The Bertz CT molecular complexity index is 1080. The molecule has 3 aromatic carbocycles. The van der Waals surface area contributed by atoms with Gasteiger partial charge in [-0.2, -0.15) is 0 Å². The second kappa shape index (κ2) is 7.52. The first kappa shape index (κ1) is 18.3. The van der Waals surface area contributed by atoms with Crippen LogP contribution in [0.2, 0.25) is 0 Å². The van der Waals surface area contributed by atoms with Crippen LogP contribution in [0.1, 0.15) is 16.7 Å². The molecule has 0 unspecified atom stereocenters. The van der Waals surface area contributed by atoms with Gasteiger partial charge in [0.1, 0.15) is 17.3 Å². The Morgan fingerprint density at radius 3 is 2.21 bits per heavy atom. The minimum absolute atomic E-state index is 0.217. The highest BCUT2D eigenvalue weighted by atomic mass is 79.9. The van der Waals surface area contributed by atoms with Crippen LogP contribution in [-0.2, 0) is 4.79 Å². The number of anilines is 1. The number of carbonyl (C=O) groups is 1. The zero-order valence-electron chi connectivity index (χ0n) is 15.1. The average molecular weight is 435 g/mol. The number of hydrogen-bond donors (Lipinski definition) is 0. The Morgan fingerprint density at radius 2 is 1.57 bits per heavy atom. The van der Waals surface area contributed by atoms with E-state index in [-0.39, 0.29) is 11.7 Å². The molecule has 0 radical (unpaired) electrons. The third-order valence-corrected chi connectivity index (χ3v) is 4.96. The van der Waals surface area contributed by atoms with Crippen molar-refractivity contribution in [1.29, 1.82) is 0 Å². The van der Waals surface area contributed by atoms with Gasteiger partial charge >= 0.3 is 0 Å². The van der Waals surface area contributed by atoms with Crippen LogP contribution in [0.4, 0.5) is 10.1 Å². The topological polar surface area (TPSA) is 32.7 Å². The molecule has 4 rings (SSSR count). The van der Waals surface area contributed by atoms with Gasteiger partial charge in [0, 0.05) is 10.0 Å². The van der Waals surface area contributed by atoms with E-state index in [0.29, 0.717) is 11.5 Å². The minimum Gasteiger partial charge on any atom is -0.266 e. The molecule has 0 spiro atoms. The van der Waals surface area contributed by atoms with Crippen LogP contribution in [-0.4, -0.2) is 11.7 Å². The lowest BCUT2D eigenvalue weighted by molar-refractivity contribution is -0.113. The fourth-order valence-electron chi connectivity index (χ4n) is 2.96. The first-order valence-electron chi connectivity index (χ1n) is 8.74. The van der Waals surface area contributed by atoms with E-state index < -0.39 is 0 Å². The van der Waals surface area contributed by atoms with Crippen molar-refractivity contribution in [3.05, 3.63) is 105 Å². The van der Waals surface area contributed by atoms with E-state index in [9.17, 15) is 9.18 Å². The van der Waals surface area contributed by atoms with Crippen molar-refractivity contribution in [3.8, 4) is 0 Å². The van der Waals surface area contributed by atoms with Gasteiger partial charge in [0.15, 0.2) is 0 Å². The molecule has 0 aromatic heterocycles. The summed E-state index contributed by atoms with van der Waals surface area (Å²) in [6.45, 7) is 2.00. The summed E-state index contributed by atoms with van der Waals surface area (Å²) in [5.41, 5.74) is 3.72. The largest absolute Gasteiger partial charge is 0.282 e. The van der Waals surface area contributed by atoms with Crippen LogP contribution in [0.25, 0.3) is 6.08 Å². The molecule has 3 nitrogen and oxygen atoms in total. The molecule has 0 saturated heterocycles. The summed E-state index contributed by atoms with van der Waals surface area (Å²) in [6, 6.07) is 21.4. The van der Waals surface area contributed by atoms with Crippen LogP contribution >= 0.6 is 15.9 Å². The maximum atomic E-state index is 13.2. The first-order valence-corrected chi connectivity index (χ1v) is 9.53. The van der Waals surface area contributed by atoms with Crippen LogP contribution in [0.15, 0.2) is 88.0 Å². The smallest absolute Gasteiger partial charge is 0.266 e. The van der Waals surface area contributed by atoms with Crippen molar-refractivity contribution in [1.82, 2.24) is 0 Å². The summed E-state index contributed by atoms with van der Waals surface area (Å²) in [5.74, 6) is 0.0287. The number of aryl methyl sites for hydroxylation is 1. The molecule has 1 heterocycles. The van der Waals surface area contributed by atoms with E-state index in [1.165, 1.54) is 12.1 Å². The molecular formula is C23H16BrFN2O. The van der Waals surface area contributed by atoms with E-state index in [1.807, 2.05) is 55.5 Å². The monoisotopic (exact) mass is 434 g/mol. The summed E-state index contributed by atoms with van der Waals surface area (Å²) in [5, 5.41) is 0. The predicted molar refractivity (Wildman–Crippen MR) is 114 cm³/mol. The molecule has 0 bridgehead atoms. The summed E-state index contributed by atoms with van der Waals surface area (Å²) in [7, 11) is 0. The molecule has 0 aliphatic carbocycles. The van der Waals surface area contributed by atoms with Crippen LogP contribution < -0.4 is 4.90 Å². The van der Waals surface area contributed by atoms with Gasteiger partial charge in [0.05, 0.1) is 5.69 Å². The number of benzene rings is 3. The Balaban J connectivity index is 1.81. The maximum Gasteiger partial charge on any atom is 0.282 e. The highest BCUT2D eigenvalue weighted by Crippen LogP contribution is 2.28. The third kappa shape index (κ3) is 3.66. The molecule has 0 atom stereocenters. The zero-order chi connectivity index (χ0) is 19.7. The van der Waals surface area contributed by atoms with Crippen LogP contribution in [0.3, 0.4) is 0 Å². The number of rotatable bonds is 3. The SMILES string of the molecule is Cc1ccc(N2C(=O)/C(=C\c3ccc(F)cc3)N=C2c2ccc(Br)cc2)cc1. The Labute approximate surface area is 171 Å². The van der Waals surface area contributed by atoms with Crippen molar-refractivity contribution < 1.29 is 9.18 Å². The molecule has 1 amide bonds. The van der Waals surface area contributed by atoms with E-state index in [1.54, 1.807) is 23.1 Å². The lowest BCUT2D eigenvalue weighted by Crippen LogP contribution is -2.32. The Kier molecular flexibility index (Phi) is 4.92. The second-order valence-corrected chi connectivity index (χ2v) is 7.42. The van der Waals surface area contributed by atoms with E-state index in [4.69, 9.17) is 0 Å². The second-order valence-electron chi connectivity index (χ2n) is 6.50. The first-order chi connectivity index (χ1) is 13.5. The van der Waals surface area contributed by atoms with Crippen LogP contribution in [0, 0.1) is 12.7 Å². The molecule has 5 heteroatoms. The van der Waals surface area contributed by atoms with E-state index in [2.05, 4.69) is 20.9 Å². The summed E-state index contributed by atoms with van der Waals surface area (Å²) >= 11 is 3.43. The number of carbonyl (C=O) groups excluding carboxylic acids is 1. The fraction of sp³-hybridized carbons (Fsp3) is 0.0435. The molecule has 1 aliphatic heterocycles. The van der Waals surface area contributed by atoms with Gasteiger partial charge in [0.2, 0.25) is 0 Å². The van der Waals surface area contributed by atoms with Gasteiger partial charge in [-0.1, -0.05) is 57.9 Å². The summed E-state index contributed by atoms with van der Waals surface area (Å²) in [4.78, 5) is 19.4. The molecule has 138 valence electrons. The van der Waals surface area contributed by atoms with E-state index in [0.717, 1.165) is 26.9 Å². The standard InChI is InChI=1S/C23H16BrFN2O/c1-15-2-12-20(13-3-15)27-22(17-6-8-18(24)9-7-17)26-21(23(27)28)14-16-4-10-19(25)11-5-16/h2-14H,1H3/b21-14+. The Hall–Kier alpha value is -3.05. The minimum atomic E-state index is -0.319. The van der Waals surface area contributed by atoms with Gasteiger partial charge in [-0.25, -0.2) is 9.38 Å². The number of hydrogen-bond acceptors (Lipinski definition) is 2. The van der Waals surface area contributed by atoms with Gasteiger partial charge in [-0.15, -0.1) is 0 Å². The van der Waals surface area contributed by atoms with Crippen molar-refractivity contribution in [2.75, 3.05) is 4.90 Å². The van der Waals surface area contributed by atoms with Crippen molar-refractivity contribution in [3.63, 3.8) is 0 Å². The molecule has 28 heavy (non-hydrogen) atoms. The molecule has 3 aromatic rings. The molecule has 0 saturated carbocycles. The summed E-state index contributed by atoms with van der Waals surface area (Å²) < 4.78 is 14.1. The molecular weight excluding hydrogens is 419 g/mol. The third-order valence-electron chi connectivity index (χ3n) is 4.43. The number of amidine groups is 1. The van der Waals surface area contributed by atoms with Crippen molar-refractivity contribution in [2.45, 2.75) is 6.92 Å². The van der Waals surface area contributed by atoms with Crippen molar-refractivity contribution >= 4 is 39.4 Å². The van der Waals surface area contributed by atoms with Gasteiger partial charge in [0.25, 0.3) is 5.91 Å². The quantitative estimate of drug-likeness (QED) is 0.484. The zero-order valence-corrected chi connectivity index (χ0v) is 16.7. The molecule has 1 aliphatic rings. The van der Waals surface area contributed by atoms with Gasteiger partial charge < -0.3 is 0 Å². The van der Waals surface area contributed by atoms with Gasteiger partial charge in [-0.3, -0.25) is 9.69 Å². The average Bonchev–Trinajstić information content (AvgIpc) is 3.01.